The van der Waals surface area contributed by atoms with E-state index in [2.05, 4.69) is 5.32 Å². The lowest BCUT2D eigenvalue weighted by molar-refractivity contribution is -0.120. The van der Waals surface area contributed by atoms with Crippen LogP contribution in [0.4, 0.5) is 0 Å². The second kappa shape index (κ2) is 11.1. The minimum atomic E-state index is -3.52. The Morgan fingerprint density at radius 2 is 1.96 bits per heavy atom. The lowest BCUT2D eigenvalue weighted by Crippen LogP contribution is -2.26. The molecular weight excluding hydrogens is 396 g/mol. The number of sulfonamides is 1. The number of benzene rings is 1. The molecule has 0 spiro atoms. The van der Waals surface area contributed by atoms with Crippen LogP contribution in [0.3, 0.4) is 0 Å². The van der Waals surface area contributed by atoms with Crippen LogP contribution in [0.15, 0.2) is 23.1 Å². The van der Waals surface area contributed by atoms with E-state index in [9.17, 15) is 13.2 Å². The number of rotatable bonds is 10. The molecular formula is C20H32N2O4S2. The molecule has 0 unspecified atom stereocenters. The van der Waals surface area contributed by atoms with Gasteiger partial charge in [0.25, 0.3) is 0 Å². The molecule has 2 rings (SSSR count). The number of amides is 1. The first-order chi connectivity index (χ1) is 13.3. The van der Waals surface area contributed by atoms with Gasteiger partial charge in [-0.15, -0.1) is 0 Å². The molecule has 1 saturated carbocycles. The van der Waals surface area contributed by atoms with E-state index >= 15 is 0 Å². The maximum atomic E-state index is 12.3. The van der Waals surface area contributed by atoms with Crippen LogP contribution in [0.1, 0.15) is 44.1 Å². The summed E-state index contributed by atoms with van der Waals surface area (Å²) in [5, 5.41) is 3.71. The minimum Gasteiger partial charge on any atom is -0.496 e. The van der Waals surface area contributed by atoms with Crippen molar-refractivity contribution in [1.82, 2.24) is 9.62 Å². The lowest BCUT2D eigenvalue weighted by Gasteiger charge is -2.20. The number of aryl methyl sites for hydroxylation is 1. The third-order valence-electron chi connectivity index (χ3n) is 4.98. The second-order valence-corrected chi connectivity index (χ2v) is 10.8. The molecule has 0 saturated heterocycles. The van der Waals surface area contributed by atoms with Gasteiger partial charge in [-0.3, -0.25) is 4.79 Å². The molecule has 0 aromatic heterocycles. The second-order valence-electron chi connectivity index (χ2n) is 7.24. The average Bonchev–Trinajstić information content (AvgIpc) is 2.70. The monoisotopic (exact) mass is 428 g/mol. The highest BCUT2D eigenvalue weighted by Crippen LogP contribution is 2.28. The Labute approximate surface area is 173 Å². The van der Waals surface area contributed by atoms with E-state index in [0.29, 0.717) is 25.1 Å². The van der Waals surface area contributed by atoms with Crippen molar-refractivity contribution < 1.29 is 17.9 Å². The summed E-state index contributed by atoms with van der Waals surface area (Å²) in [6.07, 6.45) is 7.34. The number of nitrogens with zero attached hydrogens (tertiary/aromatic N) is 1. The van der Waals surface area contributed by atoms with Gasteiger partial charge >= 0.3 is 0 Å². The van der Waals surface area contributed by atoms with E-state index in [0.717, 1.165) is 16.6 Å². The van der Waals surface area contributed by atoms with E-state index < -0.39 is 10.0 Å². The minimum absolute atomic E-state index is 0.0211. The van der Waals surface area contributed by atoms with Crippen molar-refractivity contribution in [3.63, 3.8) is 0 Å². The predicted molar refractivity (Wildman–Crippen MR) is 115 cm³/mol. The predicted octanol–water partition coefficient (Wildman–Crippen LogP) is 3.06. The number of methoxy groups -OCH3 is 1. The fourth-order valence-corrected chi connectivity index (χ4v) is 5.48. The molecule has 158 valence electrons. The van der Waals surface area contributed by atoms with Crippen LogP contribution < -0.4 is 10.1 Å². The molecule has 1 aromatic rings. The highest BCUT2D eigenvalue weighted by molar-refractivity contribution is 7.99. The topological polar surface area (TPSA) is 75.7 Å². The summed E-state index contributed by atoms with van der Waals surface area (Å²) >= 11 is 1.96. The Bertz CT molecular complexity index is 745. The van der Waals surface area contributed by atoms with E-state index in [-0.39, 0.29) is 10.8 Å². The highest BCUT2D eigenvalue weighted by Gasteiger charge is 2.19. The molecule has 28 heavy (non-hydrogen) atoms. The maximum absolute atomic E-state index is 12.3. The van der Waals surface area contributed by atoms with E-state index in [1.54, 1.807) is 19.2 Å². The van der Waals surface area contributed by atoms with Crippen molar-refractivity contribution >= 4 is 27.7 Å². The molecule has 1 aliphatic carbocycles. The highest BCUT2D eigenvalue weighted by atomic mass is 32.2. The van der Waals surface area contributed by atoms with Gasteiger partial charge in [0, 0.05) is 38.1 Å². The van der Waals surface area contributed by atoms with Gasteiger partial charge in [0.2, 0.25) is 15.9 Å². The zero-order valence-corrected chi connectivity index (χ0v) is 18.7. The van der Waals surface area contributed by atoms with Crippen molar-refractivity contribution in [2.24, 2.45) is 0 Å². The molecule has 0 aliphatic heterocycles. The summed E-state index contributed by atoms with van der Waals surface area (Å²) < 4.78 is 31.2. The van der Waals surface area contributed by atoms with E-state index in [4.69, 9.17) is 4.74 Å². The molecule has 1 aliphatic rings. The lowest BCUT2D eigenvalue weighted by atomic mass is 10.0. The SMILES string of the molecule is COc1ccc(S(=O)(=O)N(C)C)cc1CCC(=O)NCCSC1CCCCC1. The van der Waals surface area contributed by atoms with Gasteiger partial charge in [-0.1, -0.05) is 19.3 Å². The Balaban J connectivity index is 1.84. The Hall–Kier alpha value is -1.25. The first-order valence-corrected chi connectivity index (χ1v) is 12.3. The van der Waals surface area contributed by atoms with Crippen LogP contribution in [0.25, 0.3) is 0 Å². The number of thioether (sulfide) groups is 1. The summed E-state index contributed by atoms with van der Waals surface area (Å²) in [4.78, 5) is 12.4. The molecule has 1 fully saturated rings. The quantitative estimate of drug-likeness (QED) is 0.580. The normalized spacial score (nSPS) is 15.6. The van der Waals surface area contributed by atoms with Crippen LogP contribution in [0, 0.1) is 0 Å². The summed E-state index contributed by atoms with van der Waals surface area (Å²) in [6, 6.07) is 4.77. The number of hydrogen-bond acceptors (Lipinski definition) is 5. The molecule has 0 bridgehead atoms. The number of carbonyl (C=O) groups is 1. The Kier molecular flexibility index (Phi) is 9.11. The van der Waals surface area contributed by atoms with Crippen molar-refractivity contribution in [1.29, 1.82) is 0 Å². The van der Waals surface area contributed by atoms with Gasteiger partial charge in [0.05, 0.1) is 12.0 Å². The first kappa shape index (κ1) is 23.0. The molecule has 0 heterocycles. The molecule has 0 atom stereocenters. The number of carbonyl (C=O) groups excluding carboxylic acids is 1. The average molecular weight is 429 g/mol. The van der Waals surface area contributed by atoms with Gasteiger partial charge in [-0.05, 0) is 43.0 Å². The summed E-state index contributed by atoms with van der Waals surface area (Å²) in [5.41, 5.74) is 0.720. The molecule has 6 nitrogen and oxygen atoms in total. The van der Waals surface area contributed by atoms with Gasteiger partial charge < -0.3 is 10.1 Å². The first-order valence-electron chi connectivity index (χ1n) is 9.82. The summed E-state index contributed by atoms with van der Waals surface area (Å²) in [7, 11) is 1.02. The van der Waals surface area contributed by atoms with Gasteiger partial charge in [-0.2, -0.15) is 11.8 Å². The van der Waals surface area contributed by atoms with Crippen LogP contribution in [-0.2, 0) is 21.2 Å². The van der Waals surface area contributed by atoms with Crippen LogP contribution in [0.5, 0.6) is 5.75 Å². The molecule has 1 amide bonds. The zero-order chi connectivity index (χ0) is 20.6. The summed E-state index contributed by atoms with van der Waals surface area (Å²) in [5.74, 6) is 1.52. The smallest absolute Gasteiger partial charge is 0.242 e. The fourth-order valence-electron chi connectivity index (χ4n) is 3.31. The van der Waals surface area contributed by atoms with Gasteiger partial charge in [0.1, 0.15) is 5.75 Å². The van der Waals surface area contributed by atoms with Crippen molar-refractivity contribution in [2.45, 2.75) is 55.1 Å². The van der Waals surface area contributed by atoms with Crippen molar-refractivity contribution in [2.75, 3.05) is 33.5 Å². The van der Waals surface area contributed by atoms with Crippen molar-refractivity contribution in [3.05, 3.63) is 23.8 Å². The zero-order valence-electron chi connectivity index (χ0n) is 17.1. The van der Waals surface area contributed by atoms with Crippen LogP contribution >= 0.6 is 11.8 Å². The third kappa shape index (κ3) is 6.67. The number of ether oxygens (including phenoxy) is 1. The largest absolute Gasteiger partial charge is 0.496 e. The van der Waals surface area contributed by atoms with E-state index in [1.807, 2.05) is 11.8 Å². The number of hydrogen-bond donors (Lipinski definition) is 1. The molecule has 1 N–H and O–H groups in total. The number of nitrogens with one attached hydrogen (secondary N) is 1. The van der Waals surface area contributed by atoms with E-state index in [1.165, 1.54) is 56.6 Å². The molecule has 1 aromatic carbocycles. The van der Waals surface area contributed by atoms with Gasteiger partial charge in [-0.25, -0.2) is 12.7 Å². The Morgan fingerprint density at radius 1 is 1.25 bits per heavy atom. The van der Waals surface area contributed by atoms with Crippen molar-refractivity contribution in [3.8, 4) is 5.75 Å². The van der Waals surface area contributed by atoms with Gasteiger partial charge in [0.15, 0.2) is 0 Å². The third-order valence-corrected chi connectivity index (χ3v) is 8.18. The molecule has 0 radical (unpaired) electrons. The Morgan fingerprint density at radius 3 is 2.61 bits per heavy atom. The van der Waals surface area contributed by atoms with Crippen LogP contribution in [-0.4, -0.2) is 57.4 Å². The summed E-state index contributed by atoms with van der Waals surface area (Å²) in [6.45, 7) is 0.673. The standard InChI is InChI=1S/C20H32N2O4S2/c1-22(2)28(24,25)18-10-11-19(26-3)16(15-18)9-12-20(23)21-13-14-27-17-7-5-4-6-8-17/h10-11,15,17H,4-9,12-14H2,1-3H3,(H,21,23). The molecule has 8 heteroatoms. The van der Waals surface area contributed by atoms with Crippen LogP contribution in [0.2, 0.25) is 0 Å². The fraction of sp³-hybridized carbons (Fsp3) is 0.650. The maximum Gasteiger partial charge on any atom is 0.242 e.